The van der Waals surface area contributed by atoms with Crippen LogP contribution in [-0.4, -0.2) is 16.0 Å². The molecule has 4 aromatic rings. The van der Waals surface area contributed by atoms with Crippen molar-refractivity contribution in [2.75, 3.05) is 5.32 Å². The van der Waals surface area contributed by atoms with Gasteiger partial charge in [0.15, 0.2) is 5.13 Å². The standard InChI is InChI=1S/C20H10F5N3O2S2/c21-11-5-2-6-12(22)15(11)18(29)27-19-26-16(13-8-14(31)30-28-13)17(32-19)9-3-1-4-10(7-9)20(23,24)25/h1-8,28H,(H,26,27,29). The first kappa shape index (κ1) is 21.8. The average Bonchev–Trinajstić information content (AvgIpc) is 3.33. The van der Waals surface area contributed by atoms with Crippen molar-refractivity contribution in [1.29, 1.82) is 0 Å². The van der Waals surface area contributed by atoms with Crippen LogP contribution in [0.2, 0.25) is 0 Å². The Labute approximate surface area is 185 Å². The molecule has 0 saturated carbocycles. The lowest BCUT2D eigenvalue weighted by Crippen LogP contribution is -2.15. The molecule has 32 heavy (non-hydrogen) atoms. The Morgan fingerprint density at radius 3 is 2.41 bits per heavy atom. The van der Waals surface area contributed by atoms with Gasteiger partial charge in [0.1, 0.15) is 28.6 Å². The van der Waals surface area contributed by atoms with Crippen LogP contribution < -0.4 is 5.32 Å². The lowest BCUT2D eigenvalue weighted by Gasteiger charge is -2.08. The fourth-order valence-electron chi connectivity index (χ4n) is 2.86. The van der Waals surface area contributed by atoms with Gasteiger partial charge in [0.25, 0.3) is 5.91 Å². The SMILES string of the molecule is O=C(Nc1nc(-c2cc(=S)o[nH]2)c(-c2cccc(C(F)(F)F)c2)s1)c1c(F)cccc1F. The van der Waals surface area contributed by atoms with Gasteiger partial charge in [-0.3, -0.25) is 10.1 Å². The first-order valence-electron chi connectivity index (χ1n) is 8.76. The van der Waals surface area contributed by atoms with Gasteiger partial charge in [0.2, 0.25) is 4.71 Å². The summed E-state index contributed by atoms with van der Waals surface area (Å²) in [6, 6.07) is 8.84. The van der Waals surface area contributed by atoms with Crippen LogP contribution in [0.5, 0.6) is 0 Å². The molecule has 0 aliphatic heterocycles. The summed E-state index contributed by atoms with van der Waals surface area (Å²) >= 11 is 5.73. The monoisotopic (exact) mass is 483 g/mol. The fraction of sp³-hybridized carbons (Fsp3) is 0.0500. The smallest absolute Gasteiger partial charge is 0.370 e. The van der Waals surface area contributed by atoms with E-state index < -0.39 is 34.8 Å². The summed E-state index contributed by atoms with van der Waals surface area (Å²) in [5.41, 5.74) is -1.15. The minimum atomic E-state index is -4.57. The highest BCUT2D eigenvalue weighted by Gasteiger charge is 2.31. The Morgan fingerprint density at radius 1 is 1.09 bits per heavy atom. The number of carbonyl (C=O) groups is 1. The summed E-state index contributed by atoms with van der Waals surface area (Å²) in [6.07, 6.45) is -4.57. The van der Waals surface area contributed by atoms with Crippen molar-refractivity contribution in [2.45, 2.75) is 6.18 Å². The third-order valence-electron chi connectivity index (χ3n) is 4.27. The maximum absolute atomic E-state index is 13.9. The molecule has 1 amide bonds. The number of aromatic nitrogens is 2. The van der Waals surface area contributed by atoms with E-state index in [9.17, 15) is 26.7 Å². The lowest BCUT2D eigenvalue weighted by atomic mass is 10.1. The molecule has 0 spiro atoms. The molecule has 12 heteroatoms. The van der Waals surface area contributed by atoms with Gasteiger partial charge < -0.3 is 4.52 Å². The predicted molar refractivity (Wildman–Crippen MR) is 110 cm³/mol. The molecule has 0 saturated heterocycles. The molecule has 164 valence electrons. The molecule has 5 nitrogen and oxygen atoms in total. The number of carbonyl (C=O) groups excluding carboxylic acids is 1. The van der Waals surface area contributed by atoms with E-state index in [0.717, 1.165) is 41.7 Å². The Morgan fingerprint density at radius 2 is 1.78 bits per heavy atom. The molecule has 0 aliphatic rings. The second-order valence-corrected chi connectivity index (χ2v) is 7.81. The second-order valence-electron chi connectivity index (χ2n) is 6.41. The van der Waals surface area contributed by atoms with E-state index in [0.29, 0.717) is 0 Å². The minimum absolute atomic E-state index is 0.0713. The number of aromatic amines is 1. The zero-order valence-electron chi connectivity index (χ0n) is 15.6. The average molecular weight is 483 g/mol. The van der Waals surface area contributed by atoms with Gasteiger partial charge in [0.05, 0.1) is 10.4 Å². The summed E-state index contributed by atoms with van der Waals surface area (Å²) in [5, 5.41) is 4.69. The van der Waals surface area contributed by atoms with Crippen LogP contribution >= 0.6 is 23.6 Å². The third-order valence-corrected chi connectivity index (χ3v) is 5.49. The summed E-state index contributed by atoms with van der Waals surface area (Å²) in [4.78, 5) is 16.9. The van der Waals surface area contributed by atoms with Crippen molar-refractivity contribution in [3.63, 3.8) is 0 Å². The number of nitrogens with zero attached hydrogens (tertiary/aromatic N) is 1. The number of anilines is 1. The molecular formula is C20H10F5N3O2S2. The van der Waals surface area contributed by atoms with Crippen LogP contribution in [0.15, 0.2) is 53.1 Å². The maximum Gasteiger partial charge on any atom is 0.416 e. The van der Waals surface area contributed by atoms with Crippen molar-refractivity contribution < 1.29 is 31.3 Å². The molecule has 2 heterocycles. The van der Waals surface area contributed by atoms with Crippen molar-refractivity contribution >= 4 is 34.6 Å². The molecule has 2 N–H and O–H groups in total. The molecule has 4 rings (SSSR count). The molecule has 2 aromatic carbocycles. The van der Waals surface area contributed by atoms with Gasteiger partial charge in [-0.05, 0) is 42.0 Å². The van der Waals surface area contributed by atoms with Crippen molar-refractivity contribution in [1.82, 2.24) is 10.1 Å². The highest BCUT2D eigenvalue weighted by molar-refractivity contribution is 7.71. The van der Waals surface area contributed by atoms with Crippen LogP contribution in [0.25, 0.3) is 21.8 Å². The number of rotatable bonds is 4. The molecule has 0 fully saturated rings. The minimum Gasteiger partial charge on any atom is -0.370 e. The Kier molecular flexibility index (Phi) is 5.65. The number of hydrogen-bond donors (Lipinski definition) is 2. The topological polar surface area (TPSA) is 70.9 Å². The second kappa shape index (κ2) is 8.28. The quantitative estimate of drug-likeness (QED) is 0.251. The molecule has 0 unspecified atom stereocenters. The summed E-state index contributed by atoms with van der Waals surface area (Å²) in [6.45, 7) is 0. The van der Waals surface area contributed by atoms with E-state index in [1.807, 2.05) is 0 Å². The summed E-state index contributed by atoms with van der Waals surface area (Å²) in [7, 11) is 0. The van der Waals surface area contributed by atoms with Crippen LogP contribution in [0, 0.1) is 16.3 Å². The van der Waals surface area contributed by atoms with E-state index in [2.05, 4.69) is 15.5 Å². The van der Waals surface area contributed by atoms with Crippen molar-refractivity contribution in [2.24, 2.45) is 0 Å². The maximum atomic E-state index is 13.9. The van der Waals surface area contributed by atoms with Crippen LogP contribution in [0.1, 0.15) is 15.9 Å². The number of alkyl halides is 3. The van der Waals surface area contributed by atoms with Crippen LogP contribution in [0.4, 0.5) is 27.1 Å². The Balaban J connectivity index is 1.79. The zero-order valence-corrected chi connectivity index (χ0v) is 17.2. The fourth-order valence-corrected chi connectivity index (χ4v) is 3.99. The van der Waals surface area contributed by atoms with Gasteiger partial charge >= 0.3 is 6.18 Å². The summed E-state index contributed by atoms with van der Waals surface area (Å²) < 4.78 is 72.4. The van der Waals surface area contributed by atoms with Gasteiger partial charge in [-0.25, -0.2) is 18.9 Å². The predicted octanol–water partition coefficient (Wildman–Crippen LogP) is 6.68. The third kappa shape index (κ3) is 4.32. The van der Waals surface area contributed by atoms with E-state index in [-0.39, 0.29) is 31.7 Å². The van der Waals surface area contributed by atoms with Crippen molar-refractivity contribution in [3.8, 4) is 21.8 Å². The zero-order chi connectivity index (χ0) is 23.0. The van der Waals surface area contributed by atoms with E-state index >= 15 is 0 Å². The molecule has 0 aliphatic carbocycles. The summed E-state index contributed by atoms with van der Waals surface area (Å²) in [5.74, 6) is -3.25. The van der Waals surface area contributed by atoms with Crippen LogP contribution in [-0.2, 0) is 6.18 Å². The number of amides is 1. The lowest BCUT2D eigenvalue weighted by molar-refractivity contribution is -0.137. The highest BCUT2D eigenvalue weighted by atomic mass is 32.1. The first-order chi connectivity index (χ1) is 15.1. The Hall–Kier alpha value is -3.38. The van der Waals surface area contributed by atoms with Gasteiger partial charge in [-0.2, -0.15) is 13.2 Å². The number of nitrogens with one attached hydrogen (secondary N) is 2. The first-order valence-corrected chi connectivity index (χ1v) is 9.98. The van der Waals surface area contributed by atoms with Crippen molar-refractivity contribution in [3.05, 3.63) is 76.0 Å². The number of hydrogen-bond acceptors (Lipinski definition) is 5. The number of thiazole rings is 1. The molecule has 0 radical (unpaired) electrons. The van der Waals surface area contributed by atoms with E-state index in [1.54, 1.807) is 0 Å². The molecule has 2 aromatic heterocycles. The molecule has 0 atom stereocenters. The molecule has 0 bridgehead atoms. The van der Waals surface area contributed by atoms with Gasteiger partial charge in [-0.15, -0.1) is 0 Å². The normalized spacial score (nSPS) is 11.5. The highest BCUT2D eigenvalue weighted by Crippen LogP contribution is 2.40. The Bertz CT molecular complexity index is 1350. The van der Waals surface area contributed by atoms with E-state index in [1.165, 1.54) is 18.2 Å². The number of benzene rings is 2. The van der Waals surface area contributed by atoms with Gasteiger partial charge in [-0.1, -0.05) is 29.5 Å². The molecular weight excluding hydrogens is 473 g/mol. The van der Waals surface area contributed by atoms with Gasteiger partial charge in [0, 0.05) is 6.07 Å². The number of halogens is 5. The van der Waals surface area contributed by atoms with Crippen LogP contribution in [0.3, 0.4) is 0 Å². The number of H-pyrrole nitrogens is 1. The largest absolute Gasteiger partial charge is 0.416 e. The van der Waals surface area contributed by atoms with E-state index in [4.69, 9.17) is 16.7 Å².